The van der Waals surface area contributed by atoms with Gasteiger partial charge in [-0.15, -0.1) is 5.73 Å². The lowest BCUT2D eigenvalue weighted by molar-refractivity contribution is 0.822. The van der Waals surface area contributed by atoms with Gasteiger partial charge in [0.05, 0.1) is 0 Å². The first-order chi connectivity index (χ1) is 7.43. The lowest BCUT2D eigenvalue weighted by Crippen LogP contribution is -1.89. The topological polar surface area (TPSA) is 0 Å². The first-order valence-electron chi connectivity index (χ1n) is 6.21. The van der Waals surface area contributed by atoms with Gasteiger partial charge in [0, 0.05) is 5.92 Å². The summed E-state index contributed by atoms with van der Waals surface area (Å²) >= 11 is 0. The Kier molecular flexibility index (Phi) is 7.68. The second kappa shape index (κ2) is 8.19. The van der Waals surface area contributed by atoms with Gasteiger partial charge in [0.1, 0.15) is 0 Å². The Hall–Kier alpha value is -1.00. The molecule has 0 aliphatic carbocycles. The van der Waals surface area contributed by atoms with Gasteiger partial charge in [-0.05, 0) is 30.4 Å². The van der Waals surface area contributed by atoms with Gasteiger partial charge in [0.25, 0.3) is 0 Å². The van der Waals surface area contributed by atoms with Crippen molar-refractivity contribution in [2.24, 2.45) is 17.8 Å². The lowest BCUT2D eigenvalue weighted by Gasteiger charge is -2.03. The molecule has 0 N–H and O–H groups in total. The van der Waals surface area contributed by atoms with Gasteiger partial charge in [-0.25, -0.2) is 0 Å². The maximum Gasteiger partial charge on any atom is 0.00246 e. The van der Waals surface area contributed by atoms with Gasteiger partial charge < -0.3 is 0 Å². The highest BCUT2D eigenvalue weighted by atomic mass is 14.0. The first kappa shape index (κ1) is 15.0. The van der Waals surface area contributed by atoms with Gasteiger partial charge in [-0.2, -0.15) is 0 Å². The van der Waals surface area contributed by atoms with Crippen LogP contribution < -0.4 is 0 Å². The molecule has 1 atom stereocenters. The van der Waals surface area contributed by atoms with Crippen molar-refractivity contribution in [3.63, 3.8) is 0 Å². The number of allylic oxidation sites excluding steroid dienone is 5. The number of rotatable bonds is 5. The Morgan fingerprint density at radius 2 is 1.44 bits per heavy atom. The molecule has 0 radical (unpaired) electrons. The van der Waals surface area contributed by atoms with Crippen LogP contribution in [0.2, 0.25) is 0 Å². The molecule has 0 saturated heterocycles. The fourth-order valence-electron chi connectivity index (χ4n) is 1.09. The molecule has 16 heavy (non-hydrogen) atoms. The van der Waals surface area contributed by atoms with E-state index in [1.807, 2.05) is 0 Å². The van der Waals surface area contributed by atoms with E-state index in [-0.39, 0.29) is 0 Å². The molecule has 0 aliphatic heterocycles. The van der Waals surface area contributed by atoms with Crippen LogP contribution in [0, 0.1) is 17.8 Å². The summed E-state index contributed by atoms with van der Waals surface area (Å²) in [6.07, 6.45) is 10.8. The van der Waals surface area contributed by atoms with Crippen LogP contribution in [0.15, 0.2) is 41.7 Å². The van der Waals surface area contributed by atoms with Crippen LogP contribution >= 0.6 is 0 Å². The predicted octanol–water partition coefficient (Wildman–Crippen LogP) is 5.15. The van der Waals surface area contributed by atoms with E-state index >= 15 is 0 Å². The van der Waals surface area contributed by atoms with Crippen LogP contribution in [0.3, 0.4) is 0 Å². The van der Waals surface area contributed by atoms with Crippen molar-refractivity contribution in [3.05, 3.63) is 41.7 Å². The Morgan fingerprint density at radius 1 is 0.875 bits per heavy atom. The molecular weight excluding hydrogens is 192 g/mol. The standard InChI is InChI=1S/C16H26/c1-13(2)9-7-8-10-15(5)16(6)12-11-14(3)4/h7-11,13-15H,1-6H3. The van der Waals surface area contributed by atoms with Crippen molar-refractivity contribution in [1.29, 1.82) is 0 Å². The summed E-state index contributed by atoms with van der Waals surface area (Å²) in [6, 6.07) is 0. The third-order valence-corrected chi connectivity index (χ3v) is 2.33. The smallest absolute Gasteiger partial charge is 0.00246 e. The van der Waals surface area contributed by atoms with Crippen molar-refractivity contribution in [2.75, 3.05) is 0 Å². The van der Waals surface area contributed by atoms with Crippen LogP contribution in [-0.4, -0.2) is 0 Å². The van der Waals surface area contributed by atoms with Crippen LogP contribution in [0.1, 0.15) is 41.5 Å². The zero-order valence-corrected chi connectivity index (χ0v) is 11.6. The van der Waals surface area contributed by atoms with Crippen LogP contribution in [-0.2, 0) is 0 Å². The summed E-state index contributed by atoms with van der Waals surface area (Å²) in [5.41, 5.74) is 4.64. The molecule has 0 bridgehead atoms. The number of hydrogen-bond donors (Lipinski definition) is 0. The molecule has 0 aliphatic rings. The molecule has 90 valence electrons. The first-order valence-corrected chi connectivity index (χ1v) is 6.21. The fourth-order valence-corrected chi connectivity index (χ4v) is 1.09. The lowest BCUT2D eigenvalue weighted by atomic mass is 10.0. The minimum Gasteiger partial charge on any atom is -0.126 e. The molecule has 0 rings (SSSR count). The number of hydrogen-bond acceptors (Lipinski definition) is 0. The van der Waals surface area contributed by atoms with E-state index in [1.54, 1.807) is 0 Å². The molecule has 0 saturated carbocycles. The summed E-state index contributed by atoms with van der Waals surface area (Å²) in [6.45, 7) is 13.1. The normalized spacial score (nSPS) is 13.8. The van der Waals surface area contributed by atoms with Crippen molar-refractivity contribution >= 4 is 0 Å². The van der Waals surface area contributed by atoms with Crippen LogP contribution in [0.4, 0.5) is 0 Å². The van der Waals surface area contributed by atoms with E-state index in [0.717, 1.165) is 0 Å². The van der Waals surface area contributed by atoms with E-state index in [9.17, 15) is 0 Å². The van der Waals surface area contributed by atoms with Gasteiger partial charge in [-0.3, -0.25) is 0 Å². The Bertz CT molecular complexity index is 294. The van der Waals surface area contributed by atoms with E-state index in [2.05, 4.69) is 77.7 Å². The molecule has 0 aromatic heterocycles. The molecule has 0 nitrogen and oxygen atoms in total. The van der Waals surface area contributed by atoms with Crippen LogP contribution in [0.25, 0.3) is 0 Å². The maximum absolute atomic E-state index is 3.35. The molecule has 0 spiro atoms. The molecular formula is C16H26. The molecule has 0 heterocycles. The SMILES string of the molecule is CC(=C=CC(C)C)C(C)C=CC=CC(C)C. The monoisotopic (exact) mass is 218 g/mol. The molecule has 0 aromatic carbocycles. The van der Waals surface area contributed by atoms with Gasteiger partial charge in [0.15, 0.2) is 0 Å². The average molecular weight is 218 g/mol. The second-order valence-electron chi connectivity index (χ2n) is 5.04. The summed E-state index contributed by atoms with van der Waals surface area (Å²) in [5.74, 6) is 1.66. The highest BCUT2D eigenvalue weighted by Crippen LogP contribution is 2.10. The van der Waals surface area contributed by atoms with Crippen molar-refractivity contribution in [1.82, 2.24) is 0 Å². The Morgan fingerprint density at radius 3 is 1.94 bits per heavy atom. The maximum atomic E-state index is 3.35. The minimum atomic E-state index is 0.465. The summed E-state index contributed by atoms with van der Waals surface area (Å²) in [4.78, 5) is 0. The quantitative estimate of drug-likeness (QED) is 0.442. The third kappa shape index (κ3) is 8.32. The summed E-state index contributed by atoms with van der Waals surface area (Å²) in [5, 5.41) is 0. The summed E-state index contributed by atoms with van der Waals surface area (Å²) in [7, 11) is 0. The minimum absolute atomic E-state index is 0.465. The van der Waals surface area contributed by atoms with Crippen molar-refractivity contribution in [3.8, 4) is 0 Å². The van der Waals surface area contributed by atoms with Crippen molar-refractivity contribution < 1.29 is 0 Å². The zero-order chi connectivity index (χ0) is 12.6. The van der Waals surface area contributed by atoms with E-state index in [1.165, 1.54) is 5.57 Å². The molecule has 1 unspecified atom stereocenters. The average Bonchev–Trinajstić information content (AvgIpc) is 2.20. The Balaban J connectivity index is 4.36. The van der Waals surface area contributed by atoms with E-state index < -0.39 is 0 Å². The summed E-state index contributed by atoms with van der Waals surface area (Å²) < 4.78 is 0. The molecule has 0 heteroatoms. The van der Waals surface area contributed by atoms with Crippen LogP contribution in [0.5, 0.6) is 0 Å². The third-order valence-electron chi connectivity index (χ3n) is 2.33. The van der Waals surface area contributed by atoms with Gasteiger partial charge >= 0.3 is 0 Å². The molecule has 0 amide bonds. The van der Waals surface area contributed by atoms with Gasteiger partial charge in [-0.1, -0.05) is 58.9 Å². The largest absolute Gasteiger partial charge is 0.126 e. The highest BCUT2D eigenvalue weighted by molar-refractivity contribution is 5.13. The zero-order valence-electron chi connectivity index (χ0n) is 11.6. The fraction of sp³-hybridized carbons (Fsp3) is 0.562. The molecule has 0 aromatic rings. The van der Waals surface area contributed by atoms with E-state index in [4.69, 9.17) is 0 Å². The van der Waals surface area contributed by atoms with Gasteiger partial charge in [0.2, 0.25) is 0 Å². The van der Waals surface area contributed by atoms with E-state index in [0.29, 0.717) is 17.8 Å². The highest BCUT2D eigenvalue weighted by Gasteiger charge is 1.96. The Labute approximate surface area is 101 Å². The predicted molar refractivity (Wildman–Crippen MR) is 74.4 cm³/mol. The second-order valence-corrected chi connectivity index (χ2v) is 5.04. The molecule has 0 fully saturated rings. The van der Waals surface area contributed by atoms with Crippen molar-refractivity contribution in [2.45, 2.75) is 41.5 Å².